The molecule has 4 rings (SSSR count). The normalized spacial score (nSPS) is 11.8. The van der Waals surface area contributed by atoms with Gasteiger partial charge in [-0.05, 0) is 69.4 Å². The number of hydrogen-bond acceptors (Lipinski definition) is 6. The lowest BCUT2D eigenvalue weighted by atomic mass is 10.1. The van der Waals surface area contributed by atoms with Crippen LogP contribution in [0.15, 0.2) is 58.3 Å². The van der Waals surface area contributed by atoms with E-state index in [0.717, 1.165) is 67.1 Å². The highest BCUT2D eigenvalue weighted by Gasteiger charge is 2.14. The van der Waals surface area contributed by atoms with E-state index >= 15 is 0 Å². The average molecular weight is 505 g/mol. The highest BCUT2D eigenvalue weighted by atomic mass is 16.4. The smallest absolute Gasteiger partial charge is 0.339 e. The maximum atomic E-state index is 12.7. The molecule has 8 heteroatoms. The fourth-order valence-corrected chi connectivity index (χ4v) is 4.86. The van der Waals surface area contributed by atoms with Crippen LogP contribution in [0.2, 0.25) is 0 Å². The molecular weight excluding hydrogens is 464 g/mol. The quantitative estimate of drug-likeness (QED) is 0.183. The molecule has 37 heavy (non-hydrogen) atoms. The third-order valence-electron chi connectivity index (χ3n) is 6.74. The summed E-state index contributed by atoms with van der Waals surface area (Å²) in [5.74, 6) is 1.88. The first-order valence-electron chi connectivity index (χ1n) is 13.5. The molecule has 1 N–H and O–H groups in total. The average Bonchev–Trinajstić information content (AvgIpc) is 3.54. The molecule has 0 atom stereocenters. The number of imidazole rings is 2. The molecule has 0 amide bonds. The summed E-state index contributed by atoms with van der Waals surface area (Å²) >= 11 is 0. The summed E-state index contributed by atoms with van der Waals surface area (Å²) in [6, 6.07) is 8.18. The number of nitrogens with one attached hydrogen (secondary N) is 1. The van der Waals surface area contributed by atoms with Crippen LogP contribution in [0.4, 0.5) is 0 Å². The van der Waals surface area contributed by atoms with E-state index in [-0.39, 0.29) is 5.63 Å². The lowest BCUT2D eigenvalue weighted by Crippen LogP contribution is -2.26. The molecule has 0 bridgehead atoms. The van der Waals surface area contributed by atoms with Gasteiger partial charge in [-0.15, -0.1) is 0 Å². The van der Waals surface area contributed by atoms with Gasteiger partial charge in [-0.2, -0.15) is 0 Å². The van der Waals surface area contributed by atoms with Gasteiger partial charge in [0.05, 0.1) is 13.1 Å². The zero-order valence-electron chi connectivity index (χ0n) is 22.4. The third kappa shape index (κ3) is 7.63. The van der Waals surface area contributed by atoms with Crippen molar-refractivity contribution in [2.45, 2.75) is 65.6 Å². The SMILES string of the molecule is CCCN(CCC)CCCCc1cc2ccc(CN(Cc3ncc[nH]3)Cc3nccn3C)cc2oc1=O. The first-order valence-corrected chi connectivity index (χ1v) is 13.5. The molecule has 3 heterocycles. The van der Waals surface area contributed by atoms with E-state index in [2.05, 4.69) is 50.7 Å². The third-order valence-corrected chi connectivity index (χ3v) is 6.74. The zero-order chi connectivity index (χ0) is 26.0. The van der Waals surface area contributed by atoms with Crippen molar-refractivity contribution in [1.29, 1.82) is 0 Å². The number of fused-ring (bicyclic) bond motifs is 1. The fourth-order valence-electron chi connectivity index (χ4n) is 4.86. The Morgan fingerprint density at radius 2 is 1.78 bits per heavy atom. The Bertz CT molecular complexity index is 1290. The summed E-state index contributed by atoms with van der Waals surface area (Å²) in [5.41, 5.74) is 2.27. The van der Waals surface area contributed by atoms with Gasteiger partial charge in [0, 0.05) is 49.3 Å². The van der Waals surface area contributed by atoms with Crippen molar-refractivity contribution in [3.63, 3.8) is 0 Å². The van der Waals surface area contributed by atoms with Crippen molar-refractivity contribution in [3.8, 4) is 0 Å². The summed E-state index contributed by atoms with van der Waals surface area (Å²) in [5, 5.41) is 0.971. The van der Waals surface area contributed by atoms with Crippen LogP contribution in [0.5, 0.6) is 0 Å². The first kappa shape index (κ1) is 26.8. The van der Waals surface area contributed by atoms with Gasteiger partial charge in [0.15, 0.2) is 0 Å². The van der Waals surface area contributed by atoms with E-state index in [4.69, 9.17) is 4.42 Å². The van der Waals surface area contributed by atoms with E-state index in [1.165, 1.54) is 12.8 Å². The number of hydrogen-bond donors (Lipinski definition) is 1. The predicted molar refractivity (Wildman–Crippen MR) is 147 cm³/mol. The Balaban J connectivity index is 1.42. The Kier molecular flexibility index (Phi) is 9.68. The highest BCUT2D eigenvalue weighted by molar-refractivity contribution is 5.77. The molecule has 0 aliphatic rings. The first-order chi connectivity index (χ1) is 18.1. The van der Waals surface area contributed by atoms with Gasteiger partial charge in [0.1, 0.15) is 17.2 Å². The molecule has 198 valence electrons. The molecule has 0 fully saturated rings. The standard InChI is InChI=1S/C29H40N6O2/c1-4-14-34(15-5-2)16-7-6-8-25-19-24-10-9-23(18-26(24)37-29(25)36)20-35(21-27-30-11-12-31-27)22-28-32-13-17-33(28)3/h9-13,17-19H,4-8,14-16,20-22H2,1-3H3,(H,30,31). The second-order valence-corrected chi connectivity index (χ2v) is 9.87. The molecule has 0 radical (unpaired) electrons. The van der Waals surface area contributed by atoms with Gasteiger partial charge in [-0.25, -0.2) is 14.8 Å². The summed E-state index contributed by atoms with van der Waals surface area (Å²) in [7, 11) is 2.00. The van der Waals surface area contributed by atoms with E-state index in [9.17, 15) is 4.79 Å². The number of nitrogens with zero attached hydrogens (tertiary/aromatic N) is 5. The minimum Gasteiger partial charge on any atom is -0.423 e. The van der Waals surface area contributed by atoms with Crippen LogP contribution in [-0.4, -0.2) is 49.0 Å². The maximum Gasteiger partial charge on any atom is 0.339 e. The number of aromatic nitrogens is 4. The van der Waals surface area contributed by atoms with Gasteiger partial charge in [-0.3, -0.25) is 4.90 Å². The van der Waals surface area contributed by atoms with E-state index in [0.29, 0.717) is 25.2 Å². The highest BCUT2D eigenvalue weighted by Crippen LogP contribution is 2.19. The zero-order valence-corrected chi connectivity index (χ0v) is 22.4. The number of aryl methyl sites for hydroxylation is 2. The number of rotatable bonds is 15. The second-order valence-electron chi connectivity index (χ2n) is 9.87. The monoisotopic (exact) mass is 504 g/mol. The van der Waals surface area contributed by atoms with Crippen LogP contribution in [0.25, 0.3) is 11.0 Å². The topological polar surface area (TPSA) is 83.2 Å². The Morgan fingerprint density at radius 3 is 2.49 bits per heavy atom. The molecule has 0 aliphatic heterocycles. The van der Waals surface area contributed by atoms with E-state index in [1.807, 2.05) is 42.3 Å². The largest absolute Gasteiger partial charge is 0.423 e. The summed E-state index contributed by atoms with van der Waals surface area (Å²) < 4.78 is 7.81. The van der Waals surface area contributed by atoms with Gasteiger partial charge in [-0.1, -0.05) is 26.0 Å². The van der Waals surface area contributed by atoms with Gasteiger partial charge in [0.25, 0.3) is 0 Å². The maximum absolute atomic E-state index is 12.7. The van der Waals surface area contributed by atoms with Crippen LogP contribution in [0, 0.1) is 0 Å². The van der Waals surface area contributed by atoms with Crippen molar-refractivity contribution in [2.24, 2.45) is 7.05 Å². The molecular formula is C29H40N6O2. The number of unbranched alkanes of at least 4 members (excludes halogenated alkanes) is 1. The van der Waals surface area contributed by atoms with Crippen LogP contribution in [-0.2, 0) is 33.1 Å². The van der Waals surface area contributed by atoms with Crippen LogP contribution in [0.3, 0.4) is 0 Å². The van der Waals surface area contributed by atoms with Crippen molar-refractivity contribution in [3.05, 3.63) is 82.2 Å². The second kappa shape index (κ2) is 13.4. The Labute approximate surface area is 219 Å². The molecule has 3 aromatic heterocycles. The van der Waals surface area contributed by atoms with Crippen LogP contribution < -0.4 is 5.63 Å². The van der Waals surface area contributed by atoms with Crippen molar-refractivity contribution in [1.82, 2.24) is 29.3 Å². The van der Waals surface area contributed by atoms with E-state index < -0.39 is 0 Å². The predicted octanol–water partition coefficient (Wildman–Crippen LogP) is 4.90. The van der Waals surface area contributed by atoms with Gasteiger partial charge >= 0.3 is 5.63 Å². The lowest BCUT2D eigenvalue weighted by molar-refractivity contribution is 0.233. The summed E-state index contributed by atoms with van der Waals surface area (Å²) in [6.07, 6.45) is 12.6. The number of benzene rings is 1. The summed E-state index contributed by atoms with van der Waals surface area (Å²) in [6.45, 7) is 9.87. The molecule has 0 aliphatic carbocycles. The van der Waals surface area contributed by atoms with Gasteiger partial charge < -0.3 is 18.9 Å². The van der Waals surface area contributed by atoms with Crippen molar-refractivity contribution < 1.29 is 4.42 Å². The summed E-state index contributed by atoms with van der Waals surface area (Å²) in [4.78, 5) is 29.6. The minimum atomic E-state index is -0.218. The molecule has 8 nitrogen and oxygen atoms in total. The van der Waals surface area contributed by atoms with Crippen molar-refractivity contribution in [2.75, 3.05) is 19.6 Å². The van der Waals surface area contributed by atoms with E-state index in [1.54, 1.807) is 6.20 Å². The Hall–Kier alpha value is -3.23. The van der Waals surface area contributed by atoms with Crippen molar-refractivity contribution >= 4 is 11.0 Å². The van der Waals surface area contributed by atoms with Gasteiger partial charge in [0.2, 0.25) is 0 Å². The minimum absolute atomic E-state index is 0.218. The molecule has 0 unspecified atom stereocenters. The molecule has 4 aromatic rings. The molecule has 1 aromatic carbocycles. The number of H-pyrrole nitrogens is 1. The molecule has 0 saturated carbocycles. The lowest BCUT2D eigenvalue weighted by Gasteiger charge is -2.21. The number of aromatic amines is 1. The van der Waals surface area contributed by atoms with Crippen LogP contribution in [0.1, 0.15) is 62.3 Å². The van der Waals surface area contributed by atoms with Crippen LogP contribution >= 0.6 is 0 Å². The molecule has 0 saturated heterocycles. The molecule has 0 spiro atoms. The fraction of sp³-hybridized carbons (Fsp3) is 0.483. The Morgan fingerprint density at radius 1 is 0.946 bits per heavy atom.